The fourth-order valence-corrected chi connectivity index (χ4v) is 2.43. The summed E-state index contributed by atoms with van der Waals surface area (Å²) in [5.41, 5.74) is 6.84. The topological polar surface area (TPSA) is 68.5 Å². The number of nitrogens with zero attached hydrogens (tertiary/aromatic N) is 2. The number of carbonyl (C=O) groups is 1. The van der Waals surface area contributed by atoms with E-state index < -0.39 is 5.91 Å². The van der Waals surface area contributed by atoms with E-state index in [2.05, 4.69) is 29.1 Å². The van der Waals surface area contributed by atoms with Crippen molar-refractivity contribution in [1.82, 2.24) is 9.88 Å². The van der Waals surface area contributed by atoms with Crippen LogP contribution in [-0.2, 0) is 6.42 Å². The number of primary amides is 1. The van der Waals surface area contributed by atoms with E-state index >= 15 is 0 Å². The maximum Gasteiger partial charge on any atom is 0.250 e. The lowest BCUT2D eigenvalue weighted by Crippen LogP contribution is -2.23. The molecule has 2 N–H and O–H groups in total. The van der Waals surface area contributed by atoms with E-state index in [1.165, 1.54) is 24.6 Å². The molecular weight excluding hydrogens is 290 g/mol. The standard InChI is InChI=1S/C18H21N3O2/c1-21(15-5-6-15)11-10-13-2-7-16(8-3-13)23-17-9-4-14(12-20-17)18(19)22/h2-4,7-9,12,15H,5-6,10-11H2,1H3,(H2,19,22). The predicted octanol–water partition coefficient (Wildman–Crippen LogP) is 2.61. The van der Waals surface area contributed by atoms with Crippen LogP contribution in [0.25, 0.3) is 0 Å². The highest BCUT2D eigenvalue weighted by Crippen LogP contribution is 2.25. The van der Waals surface area contributed by atoms with E-state index in [0.29, 0.717) is 11.4 Å². The first kappa shape index (κ1) is 15.5. The van der Waals surface area contributed by atoms with Gasteiger partial charge in [0.1, 0.15) is 5.75 Å². The van der Waals surface area contributed by atoms with Gasteiger partial charge in [-0.1, -0.05) is 12.1 Å². The second kappa shape index (κ2) is 6.79. The minimum Gasteiger partial charge on any atom is -0.439 e. The second-order valence-corrected chi connectivity index (χ2v) is 5.96. The third kappa shape index (κ3) is 4.29. The van der Waals surface area contributed by atoms with E-state index in [1.807, 2.05) is 12.1 Å². The second-order valence-electron chi connectivity index (χ2n) is 5.96. The Labute approximate surface area is 136 Å². The van der Waals surface area contributed by atoms with Crippen LogP contribution < -0.4 is 10.5 Å². The molecule has 5 nitrogen and oxygen atoms in total. The third-order valence-electron chi connectivity index (χ3n) is 4.09. The van der Waals surface area contributed by atoms with Crippen molar-refractivity contribution >= 4 is 5.91 Å². The number of likely N-dealkylation sites (N-methyl/N-ethyl adjacent to an activating group) is 1. The van der Waals surface area contributed by atoms with Crippen LogP contribution in [0.4, 0.5) is 0 Å². The number of ether oxygens (including phenoxy) is 1. The molecule has 3 rings (SSSR count). The van der Waals surface area contributed by atoms with Crippen molar-refractivity contribution in [2.75, 3.05) is 13.6 Å². The molecule has 23 heavy (non-hydrogen) atoms. The van der Waals surface area contributed by atoms with Crippen LogP contribution in [0, 0.1) is 0 Å². The molecule has 1 heterocycles. The minimum atomic E-state index is -0.496. The Bertz CT molecular complexity index is 664. The van der Waals surface area contributed by atoms with E-state index in [0.717, 1.165) is 24.8 Å². The largest absolute Gasteiger partial charge is 0.439 e. The van der Waals surface area contributed by atoms with E-state index in [1.54, 1.807) is 12.1 Å². The maximum atomic E-state index is 11.0. The number of benzene rings is 1. The zero-order chi connectivity index (χ0) is 16.2. The quantitative estimate of drug-likeness (QED) is 0.853. The van der Waals surface area contributed by atoms with Crippen LogP contribution in [0.3, 0.4) is 0 Å². The number of hydrogen-bond acceptors (Lipinski definition) is 4. The summed E-state index contributed by atoms with van der Waals surface area (Å²) in [5, 5.41) is 0. The lowest BCUT2D eigenvalue weighted by molar-refractivity contribution is 0.1000. The highest BCUT2D eigenvalue weighted by molar-refractivity contribution is 5.92. The third-order valence-corrected chi connectivity index (χ3v) is 4.09. The van der Waals surface area contributed by atoms with Crippen LogP contribution in [-0.4, -0.2) is 35.4 Å². The number of nitrogens with two attached hydrogens (primary N) is 1. The van der Waals surface area contributed by atoms with E-state index in [-0.39, 0.29) is 0 Å². The van der Waals surface area contributed by atoms with Gasteiger partial charge in [0.15, 0.2) is 0 Å². The molecule has 0 atom stereocenters. The average molecular weight is 311 g/mol. The molecule has 120 valence electrons. The van der Waals surface area contributed by atoms with Crippen molar-refractivity contribution in [3.8, 4) is 11.6 Å². The zero-order valence-corrected chi connectivity index (χ0v) is 13.2. The number of hydrogen-bond donors (Lipinski definition) is 1. The highest BCUT2D eigenvalue weighted by Gasteiger charge is 2.25. The molecule has 0 radical (unpaired) electrons. The summed E-state index contributed by atoms with van der Waals surface area (Å²) >= 11 is 0. The molecule has 1 amide bonds. The Kier molecular flexibility index (Phi) is 4.57. The number of pyridine rings is 1. The van der Waals surface area contributed by atoms with Crippen molar-refractivity contribution in [2.24, 2.45) is 5.73 Å². The molecule has 1 aromatic carbocycles. The number of rotatable bonds is 7. The maximum absolute atomic E-state index is 11.0. The number of aromatic nitrogens is 1. The van der Waals surface area contributed by atoms with E-state index in [4.69, 9.17) is 10.5 Å². The van der Waals surface area contributed by atoms with Crippen LogP contribution in [0.2, 0.25) is 0 Å². The van der Waals surface area contributed by atoms with Crippen molar-refractivity contribution in [3.05, 3.63) is 53.7 Å². The van der Waals surface area contributed by atoms with E-state index in [9.17, 15) is 4.79 Å². The van der Waals surface area contributed by atoms with Gasteiger partial charge in [-0.15, -0.1) is 0 Å². The van der Waals surface area contributed by atoms with Gasteiger partial charge in [-0.25, -0.2) is 4.98 Å². The first-order valence-electron chi connectivity index (χ1n) is 7.85. The Hall–Kier alpha value is -2.40. The fraction of sp³-hybridized carbons (Fsp3) is 0.333. The molecule has 2 aromatic rings. The smallest absolute Gasteiger partial charge is 0.250 e. The Balaban J connectivity index is 1.55. The molecule has 0 bridgehead atoms. The summed E-state index contributed by atoms with van der Waals surface area (Å²) in [6, 6.07) is 12.1. The van der Waals surface area contributed by atoms with Crippen LogP contribution in [0.15, 0.2) is 42.6 Å². The lowest BCUT2D eigenvalue weighted by atomic mass is 10.1. The Morgan fingerprint density at radius 2 is 2.00 bits per heavy atom. The van der Waals surface area contributed by atoms with Gasteiger partial charge in [-0.05, 0) is 50.1 Å². The van der Waals surface area contributed by atoms with Crippen LogP contribution in [0.5, 0.6) is 11.6 Å². The summed E-state index contributed by atoms with van der Waals surface area (Å²) in [7, 11) is 2.19. The summed E-state index contributed by atoms with van der Waals surface area (Å²) in [6.07, 6.45) is 5.13. The number of carbonyl (C=O) groups excluding carboxylic acids is 1. The van der Waals surface area contributed by atoms with Gasteiger partial charge in [-0.2, -0.15) is 0 Å². The SMILES string of the molecule is CN(CCc1ccc(Oc2ccc(C(N)=O)cn2)cc1)C1CC1. The predicted molar refractivity (Wildman–Crippen MR) is 88.6 cm³/mol. The molecule has 1 aromatic heterocycles. The van der Waals surface area contributed by atoms with Crippen LogP contribution in [0.1, 0.15) is 28.8 Å². The number of amides is 1. The lowest BCUT2D eigenvalue weighted by Gasteiger charge is -2.15. The van der Waals surface area contributed by atoms with Crippen molar-refractivity contribution in [2.45, 2.75) is 25.3 Å². The summed E-state index contributed by atoms with van der Waals surface area (Å²) in [4.78, 5) is 17.5. The highest BCUT2D eigenvalue weighted by atomic mass is 16.5. The molecule has 0 unspecified atom stereocenters. The molecule has 0 aliphatic heterocycles. The summed E-state index contributed by atoms with van der Waals surface area (Å²) in [5.74, 6) is 0.671. The molecule has 1 aliphatic rings. The van der Waals surface area contributed by atoms with Gasteiger partial charge in [0.25, 0.3) is 0 Å². The molecular formula is C18H21N3O2. The van der Waals surface area contributed by atoms with Gasteiger partial charge in [0.05, 0.1) is 5.56 Å². The zero-order valence-electron chi connectivity index (χ0n) is 13.2. The molecule has 1 fully saturated rings. The summed E-state index contributed by atoms with van der Waals surface area (Å²) in [6.45, 7) is 1.08. The molecule has 1 aliphatic carbocycles. The summed E-state index contributed by atoms with van der Waals surface area (Å²) < 4.78 is 5.67. The first-order chi connectivity index (χ1) is 11.1. The normalized spacial score (nSPS) is 14.0. The van der Waals surface area contributed by atoms with Gasteiger partial charge in [-0.3, -0.25) is 4.79 Å². The average Bonchev–Trinajstić information content (AvgIpc) is 3.39. The van der Waals surface area contributed by atoms with Gasteiger partial charge in [0.2, 0.25) is 11.8 Å². The monoisotopic (exact) mass is 311 g/mol. The van der Waals surface area contributed by atoms with Crippen molar-refractivity contribution in [3.63, 3.8) is 0 Å². The van der Waals surface area contributed by atoms with Crippen molar-refractivity contribution < 1.29 is 9.53 Å². The molecule has 0 spiro atoms. The Morgan fingerprint density at radius 3 is 2.57 bits per heavy atom. The molecule has 0 saturated heterocycles. The Morgan fingerprint density at radius 1 is 1.26 bits per heavy atom. The minimum absolute atomic E-state index is 0.368. The fourth-order valence-electron chi connectivity index (χ4n) is 2.43. The van der Waals surface area contributed by atoms with Crippen LogP contribution >= 0.6 is 0 Å². The van der Waals surface area contributed by atoms with Crippen molar-refractivity contribution in [1.29, 1.82) is 0 Å². The molecule has 5 heteroatoms. The van der Waals surface area contributed by atoms with Gasteiger partial charge < -0.3 is 15.4 Å². The first-order valence-corrected chi connectivity index (χ1v) is 7.85. The molecule has 1 saturated carbocycles. The van der Waals surface area contributed by atoms with Gasteiger partial charge >= 0.3 is 0 Å². The van der Waals surface area contributed by atoms with Gasteiger partial charge in [0, 0.05) is 24.8 Å².